The summed E-state index contributed by atoms with van der Waals surface area (Å²) in [4.78, 5) is 23.6. The van der Waals surface area contributed by atoms with Gasteiger partial charge in [0.1, 0.15) is 5.70 Å². The fraction of sp³-hybridized carbons (Fsp3) is 0.429. The van der Waals surface area contributed by atoms with Crippen LogP contribution in [-0.4, -0.2) is 41.8 Å². The van der Waals surface area contributed by atoms with Gasteiger partial charge in [-0.1, -0.05) is 23.8 Å². The topological polar surface area (TPSA) is 125 Å². The number of nitrogens with two attached hydrogens (primary N) is 1. The van der Waals surface area contributed by atoms with Gasteiger partial charge in [-0.25, -0.2) is 0 Å². The van der Waals surface area contributed by atoms with Crippen molar-refractivity contribution in [1.29, 1.82) is 0 Å². The molecule has 0 aromatic rings. The first kappa shape index (κ1) is 18.2. The van der Waals surface area contributed by atoms with Gasteiger partial charge in [0.15, 0.2) is 0 Å². The van der Waals surface area contributed by atoms with E-state index in [-0.39, 0.29) is 11.6 Å². The summed E-state index contributed by atoms with van der Waals surface area (Å²) in [5.74, 6) is -2.11. The molecule has 1 rings (SSSR count). The van der Waals surface area contributed by atoms with E-state index >= 15 is 0 Å². The zero-order valence-corrected chi connectivity index (χ0v) is 12.7. The molecule has 0 fully saturated rings. The van der Waals surface area contributed by atoms with Crippen molar-refractivity contribution in [3.05, 3.63) is 35.2 Å². The lowest BCUT2D eigenvalue weighted by Gasteiger charge is -2.17. The van der Waals surface area contributed by atoms with Crippen LogP contribution in [0.15, 0.2) is 35.2 Å². The van der Waals surface area contributed by atoms with Gasteiger partial charge in [0, 0.05) is 17.8 Å². The van der Waals surface area contributed by atoms with Crippen molar-refractivity contribution in [3.63, 3.8) is 0 Å². The van der Waals surface area contributed by atoms with Crippen molar-refractivity contribution in [3.8, 4) is 0 Å². The number of aliphatic hydroxyl groups is 2. The molecule has 0 saturated heterocycles. The van der Waals surface area contributed by atoms with Crippen LogP contribution in [0.4, 0.5) is 0 Å². The lowest BCUT2D eigenvalue weighted by molar-refractivity contribution is -0.128. The normalized spacial score (nSPS) is 18.1. The number of hydrogen-bond donors (Lipinski definition) is 5. The minimum absolute atomic E-state index is 0.115. The molecule has 122 valence electrons. The molecule has 1 aliphatic rings. The number of rotatable bonds is 7. The zero-order valence-electron chi connectivity index (χ0n) is 12.0. The fourth-order valence-corrected chi connectivity index (χ4v) is 1.90. The third-order valence-corrected chi connectivity index (χ3v) is 3.43. The number of nitrogens with one attached hydrogen (secondary N) is 2. The van der Waals surface area contributed by atoms with Crippen LogP contribution < -0.4 is 16.4 Å². The summed E-state index contributed by atoms with van der Waals surface area (Å²) in [6.07, 6.45) is 7.18. The number of amides is 2. The highest BCUT2D eigenvalue weighted by Gasteiger charge is 2.20. The Morgan fingerprint density at radius 2 is 2.14 bits per heavy atom. The molecule has 0 aromatic carbocycles. The molecule has 0 bridgehead atoms. The third kappa shape index (κ3) is 5.51. The molecule has 0 radical (unpaired) electrons. The van der Waals surface area contributed by atoms with Gasteiger partial charge in [-0.3, -0.25) is 9.59 Å². The zero-order chi connectivity index (χ0) is 16.5. The Morgan fingerprint density at radius 1 is 1.45 bits per heavy atom. The molecule has 0 saturated carbocycles. The molecule has 2 amide bonds. The molecule has 8 heteroatoms. The second-order valence-corrected chi connectivity index (χ2v) is 5.22. The minimum atomic E-state index is -1.00. The van der Waals surface area contributed by atoms with E-state index in [9.17, 15) is 9.59 Å². The van der Waals surface area contributed by atoms with Crippen LogP contribution in [0.3, 0.4) is 0 Å². The maximum absolute atomic E-state index is 12.0. The standard InChI is InChI=1S/C14H20ClN3O4/c15-11-3-1-9(2-4-11)6-17-14(22)12(5-16)18-13(21)10(7-19)8-20/h1,3-5,9-10,19-20H,2,6-8,16H2,(H,17,22)(H,18,21)/b12-5+. The van der Waals surface area contributed by atoms with E-state index in [1.165, 1.54) is 0 Å². The van der Waals surface area contributed by atoms with Crippen molar-refractivity contribution in [2.75, 3.05) is 19.8 Å². The molecule has 1 aliphatic carbocycles. The highest BCUT2D eigenvalue weighted by atomic mass is 35.5. The summed E-state index contributed by atoms with van der Waals surface area (Å²) in [5, 5.41) is 23.4. The van der Waals surface area contributed by atoms with Gasteiger partial charge >= 0.3 is 0 Å². The number of carbonyl (C=O) groups is 2. The van der Waals surface area contributed by atoms with Gasteiger partial charge in [-0.05, 0) is 18.4 Å². The fourth-order valence-electron chi connectivity index (χ4n) is 1.74. The van der Waals surface area contributed by atoms with Crippen LogP contribution in [0.1, 0.15) is 6.42 Å². The molecule has 7 nitrogen and oxygen atoms in total. The van der Waals surface area contributed by atoms with E-state index in [2.05, 4.69) is 10.6 Å². The molecule has 1 unspecified atom stereocenters. The summed E-state index contributed by atoms with van der Waals surface area (Å²) >= 11 is 5.80. The van der Waals surface area contributed by atoms with E-state index in [1.807, 2.05) is 12.2 Å². The Balaban J connectivity index is 2.48. The second-order valence-electron chi connectivity index (χ2n) is 4.79. The summed E-state index contributed by atoms with van der Waals surface area (Å²) in [5.41, 5.74) is 5.19. The quantitative estimate of drug-likeness (QED) is 0.396. The Bertz CT molecular complexity index is 498. The molecule has 0 spiro atoms. The number of carbonyl (C=O) groups excluding carboxylic acids is 2. The first-order valence-electron chi connectivity index (χ1n) is 6.78. The molecule has 1 atom stereocenters. The van der Waals surface area contributed by atoms with Gasteiger partial charge in [-0.15, -0.1) is 0 Å². The predicted octanol–water partition coefficient (Wildman–Crippen LogP) is -0.681. The summed E-state index contributed by atoms with van der Waals surface area (Å²) in [7, 11) is 0. The lowest BCUT2D eigenvalue weighted by atomic mass is 10.0. The molecule has 0 aliphatic heterocycles. The number of aliphatic hydroxyl groups excluding tert-OH is 2. The van der Waals surface area contributed by atoms with Gasteiger partial charge in [-0.2, -0.15) is 0 Å². The maximum atomic E-state index is 12.0. The Labute approximate surface area is 133 Å². The van der Waals surface area contributed by atoms with Crippen molar-refractivity contribution in [1.82, 2.24) is 10.6 Å². The molecule has 0 aromatic heterocycles. The van der Waals surface area contributed by atoms with Crippen LogP contribution >= 0.6 is 11.6 Å². The third-order valence-electron chi connectivity index (χ3n) is 3.15. The largest absolute Gasteiger partial charge is 0.403 e. The smallest absolute Gasteiger partial charge is 0.269 e. The van der Waals surface area contributed by atoms with E-state index in [4.69, 9.17) is 27.5 Å². The predicted molar refractivity (Wildman–Crippen MR) is 82.3 cm³/mol. The van der Waals surface area contributed by atoms with Gasteiger partial charge in [0.25, 0.3) is 5.91 Å². The van der Waals surface area contributed by atoms with Crippen LogP contribution in [0.5, 0.6) is 0 Å². The number of hydrogen-bond acceptors (Lipinski definition) is 5. The van der Waals surface area contributed by atoms with Crippen LogP contribution in [0.2, 0.25) is 0 Å². The maximum Gasteiger partial charge on any atom is 0.269 e. The highest BCUT2D eigenvalue weighted by Crippen LogP contribution is 2.17. The molecule has 6 N–H and O–H groups in total. The SMILES string of the molecule is N/C=C(/NC(=O)C(CO)CO)C(=O)NCC1C=CC(Cl)=CC1. The van der Waals surface area contributed by atoms with Crippen LogP contribution in [-0.2, 0) is 9.59 Å². The van der Waals surface area contributed by atoms with E-state index in [1.54, 1.807) is 6.08 Å². The van der Waals surface area contributed by atoms with Crippen molar-refractivity contribution >= 4 is 23.4 Å². The summed E-state index contributed by atoms with van der Waals surface area (Å²) < 4.78 is 0. The second kappa shape index (κ2) is 9.24. The molecular weight excluding hydrogens is 310 g/mol. The van der Waals surface area contributed by atoms with Crippen molar-refractivity contribution in [2.45, 2.75) is 6.42 Å². The Hall–Kier alpha value is -1.83. The molecular formula is C14H20ClN3O4. The van der Waals surface area contributed by atoms with Crippen LogP contribution in [0, 0.1) is 11.8 Å². The van der Waals surface area contributed by atoms with Gasteiger partial charge in [0.05, 0.1) is 19.1 Å². The average molecular weight is 330 g/mol. The Morgan fingerprint density at radius 3 is 2.64 bits per heavy atom. The summed E-state index contributed by atoms with van der Waals surface area (Å²) in [6, 6.07) is 0. The minimum Gasteiger partial charge on any atom is -0.403 e. The van der Waals surface area contributed by atoms with Gasteiger partial charge in [0.2, 0.25) is 5.91 Å². The number of allylic oxidation sites excluding steroid dienone is 3. The average Bonchev–Trinajstić information content (AvgIpc) is 2.52. The highest BCUT2D eigenvalue weighted by molar-refractivity contribution is 6.31. The number of halogens is 1. The van der Waals surface area contributed by atoms with E-state index in [0.29, 0.717) is 18.0 Å². The van der Waals surface area contributed by atoms with E-state index < -0.39 is 30.9 Å². The lowest BCUT2D eigenvalue weighted by Crippen LogP contribution is -2.41. The van der Waals surface area contributed by atoms with Gasteiger partial charge < -0.3 is 26.6 Å². The first-order chi connectivity index (χ1) is 10.5. The first-order valence-corrected chi connectivity index (χ1v) is 7.16. The van der Waals surface area contributed by atoms with Crippen LogP contribution in [0.25, 0.3) is 0 Å². The monoisotopic (exact) mass is 329 g/mol. The molecule has 22 heavy (non-hydrogen) atoms. The van der Waals surface area contributed by atoms with Crippen molar-refractivity contribution < 1.29 is 19.8 Å². The summed E-state index contributed by atoms with van der Waals surface area (Å²) in [6.45, 7) is -0.684. The Kier molecular flexibility index (Phi) is 7.65. The van der Waals surface area contributed by atoms with E-state index in [0.717, 1.165) is 6.20 Å². The molecule has 0 heterocycles. The van der Waals surface area contributed by atoms with Crippen molar-refractivity contribution in [2.24, 2.45) is 17.6 Å².